The van der Waals surface area contributed by atoms with E-state index in [9.17, 15) is 0 Å². The van der Waals surface area contributed by atoms with Crippen LogP contribution in [-0.2, 0) is 0 Å². The van der Waals surface area contributed by atoms with Crippen molar-refractivity contribution in [1.82, 2.24) is 9.13 Å². The third-order valence-corrected chi connectivity index (χ3v) is 7.84. The lowest BCUT2D eigenvalue weighted by molar-refractivity contribution is 0.297. The fourth-order valence-electron chi connectivity index (χ4n) is 2.64. The molecular formula is C11H26N2Si. The number of nitrogens with zero attached hydrogens (tertiary/aromatic N) is 2. The lowest BCUT2D eigenvalue weighted by Gasteiger charge is -2.45. The normalized spacial score (nSPS) is 20.4. The van der Waals surface area contributed by atoms with Crippen molar-refractivity contribution in [3.05, 3.63) is 0 Å². The van der Waals surface area contributed by atoms with Crippen LogP contribution >= 0.6 is 0 Å². The molecule has 0 aromatic heterocycles. The smallest absolute Gasteiger partial charge is 0.200 e. The molecule has 0 aromatic rings. The minimum Gasteiger partial charge on any atom is -0.312 e. The summed E-state index contributed by atoms with van der Waals surface area (Å²) >= 11 is 0. The minimum atomic E-state index is -1.27. The van der Waals surface area contributed by atoms with Gasteiger partial charge in [0.15, 0.2) is 8.40 Å². The van der Waals surface area contributed by atoms with E-state index in [0.717, 1.165) is 0 Å². The zero-order valence-electron chi connectivity index (χ0n) is 10.3. The highest BCUT2D eigenvalue weighted by atomic mass is 28.3. The summed E-state index contributed by atoms with van der Waals surface area (Å²) in [4.78, 5) is 0. The highest BCUT2D eigenvalue weighted by Gasteiger charge is 2.35. The standard InChI is InChI=1S/C11H26N2Si/c1-5-12(6-2)14(3,4)13-10-8-7-9-11-13/h5-11H2,1-4H3. The van der Waals surface area contributed by atoms with E-state index in [1.165, 1.54) is 45.4 Å². The Balaban J connectivity index is 2.60. The molecule has 1 rings (SSSR count). The highest BCUT2D eigenvalue weighted by molar-refractivity contribution is 6.71. The van der Waals surface area contributed by atoms with E-state index < -0.39 is 8.40 Å². The van der Waals surface area contributed by atoms with Gasteiger partial charge in [0, 0.05) is 0 Å². The Morgan fingerprint density at radius 2 is 1.50 bits per heavy atom. The Morgan fingerprint density at radius 3 is 1.93 bits per heavy atom. The lowest BCUT2D eigenvalue weighted by Crippen LogP contribution is -2.62. The molecule has 1 aliphatic heterocycles. The van der Waals surface area contributed by atoms with Crippen molar-refractivity contribution in [2.24, 2.45) is 0 Å². The van der Waals surface area contributed by atoms with Crippen LogP contribution in [0, 0.1) is 0 Å². The molecule has 1 fully saturated rings. The third-order valence-electron chi connectivity index (χ3n) is 3.67. The number of hydrogen-bond donors (Lipinski definition) is 0. The SMILES string of the molecule is CCN(CC)[Si](C)(C)N1CCCCC1. The molecule has 0 saturated carbocycles. The maximum atomic E-state index is 2.78. The maximum Gasteiger partial charge on any atom is 0.200 e. The van der Waals surface area contributed by atoms with Gasteiger partial charge in [0.25, 0.3) is 0 Å². The molecule has 0 unspecified atom stereocenters. The Morgan fingerprint density at radius 1 is 1.00 bits per heavy atom. The van der Waals surface area contributed by atoms with Crippen LogP contribution in [0.15, 0.2) is 0 Å². The molecule has 0 amide bonds. The summed E-state index contributed by atoms with van der Waals surface area (Å²) in [6.07, 6.45) is 4.27. The van der Waals surface area contributed by atoms with Crippen LogP contribution in [0.3, 0.4) is 0 Å². The quantitative estimate of drug-likeness (QED) is 0.664. The van der Waals surface area contributed by atoms with Crippen LogP contribution in [0.5, 0.6) is 0 Å². The van der Waals surface area contributed by atoms with Crippen molar-refractivity contribution >= 4 is 8.40 Å². The second kappa shape index (κ2) is 5.28. The van der Waals surface area contributed by atoms with Crippen LogP contribution in [0.1, 0.15) is 33.1 Å². The van der Waals surface area contributed by atoms with E-state index in [2.05, 4.69) is 36.1 Å². The predicted octanol–water partition coefficient (Wildman–Crippen LogP) is 2.52. The number of hydrogen-bond acceptors (Lipinski definition) is 2. The van der Waals surface area contributed by atoms with Gasteiger partial charge in [-0.15, -0.1) is 0 Å². The third kappa shape index (κ3) is 2.58. The molecule has 0 spiro atoms. The summed E-state index contributed by atoms with van der Waals surface area (Å²) in [6.45, 7) is 14.7. The van der Waals surface area contributed by atoms with Crippen molar-refractivity contribution in [2.75, 3.05) is 26.2 Å². The largest absolute Gasteiger partial charge is 0.312 e. The molecule has 0 N–H and O–H groups in total. The monoisotopic (exact) mass is 214 g/mol. The highest BCUT2D eigenvalue weighted by Crippen LogP contribution is 2.20. The Kier molecular flexibility index (Phi) is 4.61. The fourth-order valence-corrected chi connectivity index (χ4v) is 6.00. The average Bonchev–Trinajstić information content (AvgIpc) is 2.20. The summed E-state index contributed by atoms with van der Waals surface area (Å²) in [5.41, 5.74) is 0. The Labute approximate surface area is 90.4 Å². The summed E-state index contributed by atoms with van der Waals surface area (Å²) in [5, 5.41) is 0. The Bertz CT molecular complexity index is 161. The molecule has 84 valence electrons. The van der Waals surface area contributed by atoms with Gasteiger partial charge in [0.1, 0.15) is 0 Å². The molecule has 0 atom stereocenters. The van der Waals surface area contributed by atoms with Crippen molar-refractivity contribution in [1.29, 1.82) is 0 Å². The van der Waals surface area contributed by atoms with Gasteiger partial charge in [-0.1, -0.05) is 20.3 Å². The van der Waals surface area contributed by atoms with Crippen molar-refractivity contribution in [3.63, 3.8) is 0 Å². The molecule has 1 aliphatic rings. The topological polar surface area (TPSA) is 6.48 Å². The second-order valence-corrected chi connectivity index (χ2v) is 8.97. The van der Waals surface area contributed by atoms with Gasteiger partial charge in [0.2, 0.25) is 0 Å². The van der Waals surface area contributed by atoms with Crippen LogP contribution < -0.4 is 0 Å². The molecule has 0 radical (unpaired) electrons. The minimum absolute atomic E-state index is 1.21. The molecule has 14 heavy (non-hydrogen) atoms. The zero-order valence-corrected chi connectivity index (χ0v) is 11.3. The lowest BCUT2D eigenvalue weighted by atomic mass is 10.2. The second-order valence-electron chi connectivity index (χ2n) is 4.71. The first-order chi connectivity index (χ1) is 6.62. The van der Waals surface area contributed by atoms with E-state index in [0.29, 0.717) is 0 Å². The average molecular weight is 214 g/mol. The molecule has 2 nitrogen and oxygen atoms in total. The molecule has 0 bridgehead atoms. The van der Waals surface area contributed by atoms with E-state index >= 15 is 0 Å². The van der Waals surface area contributed by atoms with Gasteiger partial charge in [-0.25, -0.2) is 0 Å². The Hall–Kier alpha value is 0.137. The zero-order chi connectivity index (χ0) is 10.6. The first-order valence-electron chi connectivity index (χ1n) is 6.13. The maximum absolute atomic E-state index is 2.78. The molecule has 3 heteroatoms. The van der Waals surface area contributed by atoms with Crippen LogP contribution in [-0.4, -0.2) is 43.7 Å². The van der Waals surface area contributed by atoms with Gasteiger partial charge in [-0.3, -0.25) is 0 Å². The first kappa shape index (κ1) is 12.2. The van der Waals surface area contributed by atoms with Crippen LogP contribution in [0.2, 0.25) is 13.1 Å². The predicted molar refractivity (Wildman–Crippen MR) is 65.8 cm³/mol. The van der Waals surface area contributed by atoms with E-state index in [4.69, 9.17) is 0 Å². The van der Waals surface area contributed by atoms with Gasteiger partial charge in [0.05, 0.1) is 0 Å². The molecule has 0 aliphatic carbocycles. The van der Waals surface area contributed by atoms with Crippen molar-refractivity contribution in [3.8, 4) is 0 Å². The van der Waals surface area contributed by atoms with E-state index in [1.807, 2.05) is 0 Å². The van der Waals surface area contributed by atoms with E-state index in [-0.39, 0.29) is 0 Å². The van der Waals surface area contributed by atoms with Gasteiger partial charge < -0.3 is 9.13 Å². The number of piperidine rings is 1. The summed E-state index contributed by atoms with van der Waals surface area (Å²) in [7, 11) is -1.27. The van der Waals surface area contributed by atoms with Gasteiger partial charge in [-0.05, 0) is 52.1 Å². The summed E-state index contributed by atoms with van der Waals surface area (Å²) < 4.78 is 5.47. The first-order valence-corrected chi connectivity index (χ1v) is 9.02. The molecular weight excluding hydrogens is 188 g/mol. The summed E-state index contributed by atoms with van der Waals surface area (Å²) in [6, 6.07) is 0. The van der Waals surface area contributed by atoms with Gasteiger partial charge in [-0.2, -0.15) is 0 Å². The van der Waals surface area contributed by atoms with Crippen LogP contribution in [0.25, 0.3) is 0 Å². The fraction of sp³-hybridized carbons (Fsp3) is 1.00. The molecule has 1 saturated heterocycles. The number of rotatable bonds is 4. The molecule has 1 heterocycles. The van der Waals surface area contributed by atoms with Crippen molar-refractivity contribution in [2.45, 2.75) is 46.2 Å². The summed E-state index contributed by atoms with van der Waals surface area (Å²) in [5.74, 6) is 0. The van der Waals surface area contributed by atoms with Crippen LogP contribution in [0.4, 0.5) is 0 Å². The van der Waals surface area contributed by atoms with E-state index in [1.54, 1.807) is 0 Å². The van der Waals surface area contributed by atoms with Gasteiger partial charge >= 0.3 is 0 Å². The van der Waals surface area contributed by atoms with Crippen molar-refractivity contribution < 1.29 is 0 Å². The molecule has 0 aromatic carbocycles.